The number of carbonyl (C=O) groups excluding carboxylic acids is 2. The summed E-state index contributed by atoms with van der Waals surface area (Å²) >= 11 is 12.7. The van der Waals surface area contributed by atoms with Gasteiger partial charge in [0.2, 0.25) is 0 Å². The lowest BCUT2D eigenvalue weighted by Gasteiger charge is -2.44. The van der Waals surface area contributed by atoms with E-state index in [1.54, 1.807) is 43.3 Å². The average molecular weight is 788 g/mol. The normalized spacial score (nSPS) is 20.8. The van der Waals surface area contributed by atoms with Gasteiger partial charge in [-0.05, 0) is 116 Å². The fourth-order valence-corrected chi connectivity index (χ4v) is 7.31. The lowest BCUT2D eigenvalue weighted by atomic mass is 9.86. The number of hydrogen-bond acceptors (Lipinski definition) is 8. The smallest absolute Gasteiger partial charge is 0.387 e. The van der Waals surface area contributed by atoms with Crippen molar-refractivity contribution in [3.05, 3.63) is 117 Å². The molecule has 1 unspecified atom stereocenters. The molecule has 3 aromatic rings. The molecule has 2 bridgehead atoms. The number of carbonyl (C=O) groups is 2. The summed E-state index contributed by atoms with van der Waals surface area (Å²) in [5.74, 6) is -0.966. The molecule has 288 valence electrons. The van der Waals surface area contributed by atoms with Crippen molar-refractivity contribution in [3.63, 3.8) is 0 Å². The highest BCUT2D eigenvalue weighted by Crippen LogP contribution is 2.39. The molecule has 0 aromatic heterocycles. The topological polar surface area (TPSA) is 86.3 Å². The lowest BCUT2D eigenvalue weighted by molar-refractivity contribution is -0.161. The van der Waals surface area contributed by atoms with Crippen molar-refractivity contribution in [2.24, 2.45) is 11.8 Å². The Morgan fingerprint density at radius 3 is 2.31 bits per heavy atom. The van der Waals surface area contributed by atoms with Crippen LogP contribution in [0.15, 0.2) is 88.9 Å². The van der Waals surface area contributed by atoms with E-state index in [4.69, 9.17) is 42.1 Å². The van der Waals surface area contributed by atoms with E-state index < -0.39 is 36.5 Å². The number of piperidine rings is 3. The van der Waals surface area contributed by atoms with Gasteiger partial charge >= 0.3 is 18.6 Å². The van der Waals surface area contributed by atoms with Crippen LogP contribution in [0.2, 0.25) is 0 Å². The van der Waals surface area contributed by atoms with Gasteiger partial charge in [0.05, 0.1) is 12.2 Å². The van der Waals surface area contributed by atoms with Crippen LogP contribution < -0.4 is 14.8 Å². The number of esters is 2. The van der Waals surface area contributed by atoms with Gasteiger partial charge in [-0.1, -0.05) is 60.1 Å². The first-order valence-corrected chi connectivity index (χ1v) is 18.8. The number of ether oxygens (including phenoxy) is 4. The van der Waals surface area contributed by atoms with E-state index in [2.05, 4.69) is 16.8 Å². The van der Waals surface area contributed by atoms with Crippen LogP contribution in [-0.2, 0) is 20.8 Å². The molecule has 0 radical (unpaired) electrons. The Bertz CT molecular complexity index is 1840. The van der Waals surface area contributed by atoms with Gasteiger partial charge in [0.25, 0.3) is 0 Å². The minimum Gasteiger partial charge on any atom is -0.489 e. The highest BCUT2D eigenvalue weighted by atomic mass is 35.5. The average Bonchev–Trinajstić information content (AvgIpc) is 3.98. The summed E-state index contributed by atoms with van der Waals surface area (Å²) in [6.07, 6.45) is 2.77. The molecule has 7 rings (SSSR count). The third kappa shape index (κ3) is 10.6. The molecule has 54 heavy (non-hydrogen) atoms. The zero-order valence-electron chi connectivity index (χ0n) is 29.9. The molecule has 1 N–H and O–H groups in total. The molecule has 1 saturated carbocycles. The second-order valence-corrected chi connectivity index (χ2v) is 15.1. The van der Waals surface area contributed by atoms with Crippen molar-refractivity contribution in [1.82, 2.24) is 10.2 Å². The SMILES string of the molecule is C=C(Cl)/C(C[C@H](OC(=O)c1cccc(CNC(C(=O)O[C@H]2CN3CCC2CC3)c2ccc(F)cc2)c1)c1ccc(OC(F)F)c(OCC2CC2)c1)=C(\C)Cl. The van der Waals surface area contributed by atoms with Crippen molar-refractivity contribution >= 4 is 35.1 Å². The summed E-state index contributed by atoms with van der Waals surface area (Å²) in [5, 5.41) is 3.75. The van der Waals surface area contributed by atoms with Gasteiger partial charge < -0.3 is 18.9 Å². The van der Waals surface area contributed by atoms with E-state index in [-0.39, 0.29) is 41.2 Å². The van der Waals surface area contributed by atoms with E-state index in [0.717, 1.165) is 38.8 Å². The molecule has 1 aliphatic carbocycles. The van der Waals surface area contributed by atoms with Crippen LogP contribution in [0, 0.1) is 17.7 Å². The summed E-state index contributed by atoms with van der Waals surface area (Å²) in [6.45, 7) is 5.57. The molecule has 3 heterocycles. The first kappa shape index (κ1) is 39.7. The van der Waals surface area contributed by atoms with Crippen LogP contribution in [0.25, 0.3) is 0 Å². The van der Waals surface area contributed by atoms with Gasteiger partial charge in [-0.25, -0.2) is 14.0 Å². The zero-order valence-corrected chi connectivity index (χ0v) is 31.4. The number of hydrogen-bond donors (Lipinski definition) is 1. The summed E-state index contributed by atoms with van der Waals surface area (Å²) in [7, 11) is 0. The Morgan fingerprint density at radius 2 is 1.69 bits per heavy atom. The summed E-state index contributed by atoms with van der Waals surface area (Å²) in [6, 6.07) is 15.9. The Labute approximate surface area is 323 Å². The molecule has 4 fully saturated rings. The van der Waals surface area contributed by atoms with Crippen LogP contribution >= 0.6 is 23.2 Å². The molecule has 3 aliphatic heterocycles. The maximum atomic E-state index is 13.8. The number of allylic oxidation sites excluding steroid dienone is 2. The van der Waals surface area contributed by atoms with Crippen LogP contribution in [-0.4, -0.2) is 55.8 Å². The zero-order chi connectivity index (χ0) is 38.4. The minimum atomic E-state index is -3.07. The Hall–Kier alpha value is -4.03. The van der Waals surface area contributed by atoms with Gasteiger partial charge in [-0.15, -0.1) is 0 Å². The molecule has 0 spiro atoms. The molecule has 13 heteroatoms. The standard InChI is InChI=1S/C41H43Cl2F3N2O6/c1-24(42)33(25(2)43)20-35(30-10-13-34(54-41(45)46)36(19-30)51-23-26-6-7-26)52-39(49)31-5-3-4-27(18-31)21-47-38(29-8-11-32(44)12-9-29)40(50)53-37-22-48-16-14-28(37)15-17-48/h3-5,8-13,18-19,26,28,35,37-38,41,47H,1,6-7,14-17,20-23H2,2H3/b33-25+/t35-,37-,38?/m0/s1. The second-order valence-electron chi connectivity index (χ2n) is 14.0. The fourth-order valence-electron chi connectivity index (χ4n) is 6.85. The van der Waals surface area contributed by atoms with Gasteiger partial charge in [-0.2, -0.15) is 8.78 Å². The van der Waals surface area contributed by atoms with Gasteiger partial charge in [-0.3, -0.25) is 10.2 Å². The highest BCUT2D eigenvalue weighted by molar-refractivity contribution is 6.35. The number of benzene rings is 3. The fraction of sp³-hybridized carbons (Fsp3) is 0.415. The summed E-state index contributed by atoms with van der Waals surface area (Å²) in [5.41, 5.74) is 2.31. The molecule has 4 aliphatic rings. The van der Waals surface area contributed by atoms with Crippen LogP contribution in [0.4, 0.5) is 13.2 Å². The molecular weight excluding hydrogens is 744 g/mol. The maximum absolute atomic E-state index is 13.8. The summed E-state index contributed by atoms with van der Waals surface area (Å²) in [4.78, 5) is 29.7. The molecular formula is C41H43Cl2F3N2O6. The summed E-state index contributed by atoms with van der Waals surface area (Å²) < 4.78 is 63.0. The van der Waals surface area contributed by atoms with Gasteiger partial charge in [0.1, 0.15) is 24.1 Å². The van der Waals surface area contributed by atoms with E-state index in [1.807, 2.05) is 0 Å². The third-order valence-electron chi connectivity index (χ3n) is 10.1. The quantitative estimate of drug-likeness (QED) is 0.107. The second kappa shape index (κ2) is 18.1. The van der Waals surface area contributed by atoms with E-state index in [9.17, 15) is 22.8 Å². The maximum Gasteiger partial charge on any atom is 0.387 e. The van der Waals surface area contributed by atoms with Gasteiger partial charge in [0, 0.05) is 29.6 Å². The lowest BCUT2D eigenvalue weighted by Crippen LogP contribution is -2.52. The van der Waals surface area contributed by atoms with Crippen molar-refractivity contribution in [1.29, 1.82) is 0 Å². The van der Waals surface area contributed by atoms with E-state index in [1.165, 1.54) is 30.3 Å². The first-order chi connectivity index (χ1) is 25.9. The molecule has 3 atom stereocenters. The van der Waals surface area contributed by atoms with Gasteiger partial charge in [0.15, 0.2) is 11.5 Å². The van der Waals surface area contributed by atoms with E-state index >= 15 is 0 Å². The molecule has 3 aromatic carbocycles. The van der Waals surface area contributed by atoms with Crippen LogP contribution in [0.1, 0.15) is 78.2 Å². The number of nitrogens with one attached hydrogen (secondary N) is 1. The molecule has 3 saturated heterocycles. The van der Waals surface area contributed by atoms with Crippen LogP contribution in [0.5, 0.6) is 11.5 Å². The van der Waals surface area contributed by atoms with Crippen LogP contribution in [0.3, 0.4) is 0 Å². The Kier molecular flexibility index (Phi) is 13.3. The Morgan fingerprint density at radius 1 is 0.963 bits per heavy atom. The van der Waals surface area contributed by atoms with Crippen molar-refractivity contribution in [3.8, 4) is 11.5 Å². The largest absolute Gasteiger partial charge is 0.489 e. The molecule has 0 amide bonds. The number of halogens is 5. The number of nitrogens with zero attached hydrogens (tertiary/aromatic N) is 1. The number of rotatable bonds is 17. The first-order valence-electron chi connectivity index (χ1n) is 18.1. The highest BCUT2D eigenvalue weighted by Gasteiger charge is 2.38. The Balaban J connectivity index is 1.20. The van der Waals surface area contributed by atoms with Crippen molar-refractivity contribution in [2.75, 3.05) is 26.2 Å². The minimum absolute atomic E-state index is 0.0306. The number of alkyl halides is 2. The number of fused-ring (bicyclic) bond motifs is 3. The van der Waals surface area contributed by atoms with Crippen molar-refractivity contribution < 1.29 is 41.7 Å². The van der Waals surface area contributed by atoms with Crippen molar-refractivity contribution in [2.45, 2.75) is 70.4 Å². The predicted octanol–water partition coefficient (Wildman–Crippen LogP) is 9.24. The van der Waals surface area contributed by atoms with E-state index in [0.29, 0.717) is 52.3 Å². The predicted molar refractivity (Wildman–Crippen MR) is 199 cm³/mol. The molecule has 8 nitrogen and oxygen atoms in total. The third-order valence-corrected chi connectivity index (χ3v) is 10.5. The monoisotopic (exact) mass is 786 g/mol.